The molecule has 0 rings (SSSR count). The number of hydrogen-bond acceptors (Lipinski definition) is 4. The van der Waals surface area contributed by atoms with Gasteiger partial charge in [0.15, 0.2) is 0 Å². The van der Waals surface area contributed by atoms with Gasteiger partial charge in [0.2, 0.25) is 0 Å². The lowest BCUT2D eigenvalue weighted by atomic mass is 9.82. The Hall–Kier alpha value is -0.170. The van der Waals surface area contributed by atoms with Crippen LogP contribution in [0.1, 0.15) is 163 Å². The molecule has 0 aliphatic rings. The molecule has 5 nitrogen and oxygen atoms in total. The molecule has 0 heterocycles. The first-order chi connectivity index (χ1) is 15.7. The minimum Gasteiger partial charge on any atom is -0.325 e. The monoisotopic (exact) mass is 493 g/mol. The molecule has 0 radical (unpaired) electrons. The molecule has 0 aliphatic carbocycles. The fraction of sp³-hybridized carbons (Fsp3) is 1.00. The van der Waals surface area contributed by atoms with Gasteiger partial charge in [-0.2, -0.15) is 8.42 Å². The summed E-state index contributed by atoms with van der Waals surface area (Å²) in [5, 5.41) is 0. The van der Waals surface area contributed by atoms with Crippen LogP contribution in [0.2, 0.25) is 0 Å². The third-order valence-corrected chi connectivity index (χ3v) is 6.89. The summed E-state index contributed by atoms with van der Waals surface area (Å²) in [6, 6.07) is 0. The minimum atomic E-state index is -4.17. The van der Waals surface area contributed by atoms with E-state index in [1.54, 1.807) is 0 Å². The number of unbranched alkanes of at least 4 members (excludes halogenated alkanes) is 15. The van der Waals surface area contributed by atoms with Crippen LogP contribution >= 0.6 is 0 Å². The average Bonchev–Trinajstić information content (AvgIpc) is 2.75. The van der Waals surface area contributed by atoms with E-state index in [-0.39, 0.29) is 12.1 Å². The summed E-state index contributed by atoms with van der Waals surface area (Å²) in [4.78, 5) is 0. The van der Waals surface area contributed by atoms with Crippen molar-refractivity contribution in [3.05, 3.63) is 0 Å². The maximum atomic E-state index is 9.56. The largest absolute Gasteiger partial charge is 0.397 e. The van der Waals surface area contributed by atoms with Gasteiger partial charge >= 0.3 is 10.4 Å². The Morgan fingerprint density at radius 1 is 0.576 bits per heavy atom. The number of hydrogen-bond donors (Lipinski definition) is 2. The first kappa shape index (κ1) is 35.0. The zero-order valence-corrected chi connectivity index (χ0v) is 23.5. The lowest BCUT2D eigenvalue weighted by Gasteiger charge is -2.30. The molecule has 3 N–H and O–H groups in total. The predicted octanol–water partition coefficient (Wildman–Crippen LogP) is 8.76. The van der Waals surface area contributed by atoms with Gasteiger partial charge in [-0.1, -0.05) is 136 Å². The molecule has 0 atom stereocenters. The van der Waals surface area contributed by atoms with Crippen molar-refractivity contribution in [3.8, 4) is 0 Å². The summed E-state index contributed by atoms with van der Waals surface area (Å²) in [5.74, 6) is 0. The Morgan fingerprint density at radius 3 is 1.06 bits per heavy atom. The average molecular weight is 494 g/mol. The van der Waals surface area contributed by atoms with E-state index in [1.165, 1.54) is 142 Å². The molecule has 0 aromatic carbocycles. The zero-order chi connectivity index (χ0) is 25.3. The van der Waals surface area contributed by atoms with E-state index in [1.807, 2.05) is 0 Å². The van der Waals surface area contributed by atoms with Crippen molar-refractivity contribution in [1.29, 1.82) is 0 Å². The maximum absolute atomic E-state index is 9.56. The van der Waals surface area contributed by atoms with Crippen molar-refractivity contribution in [2.24, 2.45) is 5.73 Å². The van der Waals surface area contributed by atoms with E-state index >= 15 is 0 Å². The minimum absolute atomic E-state index is 0.0289. The molecule has 0 amide bonds. The molecule has 0 fully saturated rings. The van der Waals surface area contributed by atoms with Crippen molar-refractivity contribution in [1.82, 2.24) is 0 Å². The predicted molar refractivity (Wildman–Crippen MR) is 144 cm³/mol. The van der Waals surface area contributed by atoms with Crippen LogP contribution in [0.25, 0.3) is 0 Å². The van der Waals surface area contributed by atoms with Gasteiger partial charge in [-0.05, 0) is 26.2 Å². The SMILES string of the molecule is CCCCCCCCC(N)(CCCCCCCC)CCCCCCCC.CCOS(=O)(=O)O. The van der Waals surface area contributed by atoms with Gasteiger partial charge in [-0.15, -0.1) is 0 Å². The topological polar surface area (TPSA) is 89.6 Å². The summed E-state index contributed by atoms with van der Waals surface area (Å²) < 4.78 is 30.7. The second-order valence-electron chi connectivity index (χ2n) is 9.75. The molecule has 33 heavy (non-hydrogen) atoms. The van der Waals surface area contributed by atoms with Crippen LogP contribution in [-0.2, 0) is 14.6 Å². The molecule has 0 aromatic heterocycles. The summed E-state index contributed by atoms with van der Waals surface area (Å²) in [6.07, 6.45) is 28.8. The molecule has 0 spiro atoms. The quantitative estimate of drug-likeness (QED) is 0.110. The highest BCUT2D eigenvalue weighted by molar-refractivity contribution is 7.80. The van der Waals surface area contributed by atoms with Crippen molar-refractivity contribution < 1.29 is 17.2 Å². The third kappa shape index (κ3) is 29.8. The molecule has 0 bridgehead atoms. The second kappa shape index (κ2) is 24.9. The van der Waals surface area contributed by atoms with Gasteiger partial charge in [-0.3, -0.25) is 4.55 Å². The van der Waals surface area contributed by atoms with E-state index in [2.05, 4.69) is 25.0 Å². The van der Waals surface area contributed by atoms with Crippen molar-refractivity contribution in [2.45, 2.75) is 168 Å². The third-order valence-electron chi connectivity index (χ3n) is 6.35. The molecule has 6 heteroatoms. The van der Waals surface area contributed by atoms with E-state index in [0.29, 0.717) is 0 Å². The number of nitrogens with two attached hydrogens (primary N) is 1. The standard InChI is InChI=1S/C25H53N.C2H6O4S/c1-4-7-10-13-16-19-22-25(26,23-20-17-14-11-8-5-2)24-21-18-15-12-9-6-3;1-2-6-7(3,4)5/h4-24,26H2,1-3H3;2H2,1H3,(H,3,4,5). The summed E-state index contributed by atoms with van der Waals surface area (Å²) in [7, 11) is -4.17. The first-order valence-electron chi connectivity index (χ1n) is 14.1. The van der Waals surface area contributed by atoms with Gasteiger partial charge in [0.05, 0.1) is 6.61 Å². The molecule has 202 valence electrons. The Morgan fingerprint density at radius 2 is 0.848 bits per heavy atom. The van der Waals surface area contributed by atoms with Crippen LogP contribution in [0.5, 0.6) is 0 Å². The van der Waals surface area contributed by atoms with Crippen molar-refractivity contribution in [2.75, 3.05) is 6.61 Å². The Labute approximate surface area is 208 Å². The Kier molecular flexibility index (Phi) is 26.4. The molecular weight excluding hydrogens is 434 g/mol. The smallest absolute Gasteiger partial charge is 0.325 e. The van der Waals surface area contributed by atoms with E-state index < -0.39 is 10.4 Å². The van der Waals surface area contributed by atoms with E-state index in [4.69, 9.17) is 10.3 Å². The van der Waals surface area contributed by atoms with Gasteiger partial charge in [0.25, 0.3) is 0 Å². The lowest BCUT2D eigenvalue weighted by molar-refractivity contribution is 0.283. The van der Waals surface area contributed by atoms with Crippen LogP contribution in [0, 0.1) is 0 Å². The van der Waals surface area contributed by atoms with Gasteiger partial charge in [-0.25, -0.2) is 4.18 Å². The number of rotatable bonds is 23. The second-order valence-corrected chi connectivity index (χ2v) is 10.8. The van der Waals surface area contributed by atoms with E-state index in [9.17, 15) is 8.42 Å². The van der Waals surface area contributed by atoms with Gasteiger partial charge in [0, 0.05) is 5.54 Å². The van der Waals surface area contributed by atoms with Crippen LogP contribution in [0.4, 0.5) is 0 Å². The van der Waals surface area contributed by atoms with Gasteiger partial charge < -0.3 is 5.73 Å². The highest BCUT2D eigenvalue weighted by Gasteiger charge is 2.23. The van der Waals surface area contributed by atoms with Crippen LogP contribution in [-0.4, -0.2) is 25.1 Å². The molecule has 0 aliphatic heterocycles. The summed E-state index contributed by atoms with van der Waals surface area (Å²) in [5.41, 5.74) is 7.06. The van der Waals surface area contributed by atoms with Crippen molar-refractivity contribution >= 4 is 10.4 Å². The molecule has 0 unspecified atom stereocenters. The lowest BCUT2D eigenvalue weighted by Crippen LogP contribution is -2.39. The summed E-state index contributed by atoms with van der Waals surface area (Å²) in [6.45, 7) is 8.33. The normalized spacial score (nSPS) is 11.9. The molecule has 0 saturated carbocycles. The fourth-order valence-electron chi connectivity index (χ4n) is 4.30. The Balaban J connectivity index is 0. The van der Waals surface area contributed by atoms with Crippen LogP contribution in [0.3, 0.4) is 0 Å². The highest BCUT2D eigenvalue weighted by atomic mass is 32.3. The van der Waals surface area contributed by atoms with Gasteiger partial charge in [0.1, 0.15) is 0 Å². The van der Waals surface area contributed by atoms with Crippen LogP contribution < -0.4 is 5.73 Å². The van der Waals surface area contributed by atoms with Crippen molar-refractivity contribution in [3.63, 3.8) is 0 Å². The molecular formula is C27H59NO4S. The molecule has 0 saturated heterocycles. The van der Waals surface area contributed by atoms with Crippen LogP contribution in [0.15, 0.2) is 0 Å². The fourth-order valence-corrected chi connectivity index (χ4v) is 4.59. The molecule has 0 aromatic rings. The maximum Gasteiger partial charge on any atom is 0.397 e. The Bertz CT molecular complexity index is 442. The summed E-state index contributed by atoms with van der Waals surface area (Å²) >= 11 is 0. The zero-order valence-electron chi connectivity index (χ0n) is 22.7. The van der Waals surface area contributed by atoms with E-state index in [0.717, 1.165) is 0 Å². The highest BCUT2D eigenvalue weighted by Crippen LogP contribution is 2.27. The first-order valence-corrected chi connectivity index (χ1v) is 15.5.